The van der Waals surface area contributed by atoms with Crippen molar-refractivity contribution in [2.24, 2.45) is 0 Å². The van der Waals surface area contributed by atoms with E-state index >= 15 is 0 Å². The van der Waals surface area contributed by atoms with Crippen LogP contribution in [-0.4, -0.2) is 35.1 Å². The van der Waals surface area contributed by atoms with Gasteiger partial charge in [-0.25, -0.2) is 14.2 Å². The van der Waals surface area contributed by atoms with Gasteiger partial charge in [-0.1, -0.05) is 11.6 Å². The molecule has 0 aliphatic carbocycles. The van der Waals surface area contributed by atoms with E-state index in [-0.39, 0.29) is 16.5 Å². The van der Waals surface area contributed by atoms with E-state index in [4.69, 9.17) is 16.0 Å². The zero-order valence-electron chi connectivity index (χ0n) is 15.7. The van der Waals surface area contributed by atoms with Gasteiger partial charge >= 0.3 is 5.63 Å². The Hall–Kier alpha value is -2.90. The van der Waals surface area contributed by atoms with Crippen LogP contribution in [0.2, 0.25) is 5.02 Å². The monoisotopic (exact) mass is 412 g/mol. The van der Waals surface area contributed by atoms with Crippen LogP contribution in [0.4, 0.5) is 10.1 Å². The van der Waals surface area contributed by atoms with Gasteiger partial charge in [0.2, 0.25) is 0 Å². The number of halogens is 2. The van der Waals surface area contributed by atoms with Crippen molar-refractivity contribution >= 4 is 33.9 Å². The first-order valence-corrected chi connectivity index (χ1v) is 9.77. The Bertz CT molecular complexity index is 1300. The van der Waals surface area contributed by atoms with Crippen molar-refractivity contribution in [3.05, 3.63) is 64.0 Å². The van der Waals surface area contributed by atoms with Gasteiger partial charge < -0.3 is 19.0 Å². The third kappa shape index (κ3) is 3.16. The first kappa shape index (κ1) is 18.1. The second-order valence-electron chi connectivity index (χ2n) is 7.30. The number of nitrogens with one attached hydrogen (secondary N) is 1. The third-order valence-electron chi connectivity index (χ3n) is 5.23. The molecule has 0 radical (unpaired) electrons. The lowest BCUT2D eigenvalue weighted by molar-refractivity contribution is 0.483. The summed E-state index contributed by atoms with van der Waals surface area (Å²) < 4.78 is 22.2. The molecule has 6 nitrogen and oxygen atoms in total. The molecule has 0 amide bonds. The molecule has 1 aromatic carbocycles. The average molecular weight is 413 g/mol. The Morgan fingerprint density at radius 1 is 1.34 bits per heavy atom. The summed E-state index contributed by atoms with van der Waals surface area (Å²) in [5.74, 6) is -0.435. The minimum atomic E-state index is -0.567. The lowest BCUT2D eigenvalue weighted by Crippen LogP contribution is -2.49. The maximum atomic E-state index is 14.9. The van der Waals surface area contributed by atoms with Crippen LogP contribution in [-0.2, 0) is 0 Å². The molecule has 148 valence electrons. The largest absolute Gasteiger partial charge is 0.422 e. The molecule has 0 saturated carbocycles. The number of hydrogen-bond acceptors (Lipinski definition) is 5. The minimum Gasteiger partial charge on any atom is -0.422 e. The highest BCUT2D eigenvalue weighted by Crippen LogP contribution is 2.29. The van der Waals surface area contributed by atoms with Crippen molar-refractivity contribution in [1.82, 2.24) is 14.7 Å². The van der Waals surface area contributed by atoms with Crippen molar-refractivity contribution in [2.45, 2.75) is 13.0 Å². The van der Waals surface area contributed by atoms with E-state index in [1.165, 1.54) is 12.1 Å². The van der Waals surface area contributed by atoms with Gasteiger partial charge in [-0.2, -0.15) is 0 Å². The Morgan fingerprint density at radius 3 is 3.00 bits per heavy atom. The van der Waals surface area contributed by atoms with Crippen LogP contribution in [0, 0.1) is 5.82 Å². The van der Waals surface area contributed by atoms with E-state index < -0.39 is 11.4 Å². The van der Waals surface area contributed by atoms with Crippen LogP contribution in [0.3, 0.4) is 0 Å². The molecule has 4 heterocycles. The van der Waals surface area contributed by atoms with Gasteiger partial charge in [-0.05, 0) is 31.2 Å². The number of pyridine rings is 1. The third-order valence-corrected chi connectivity index (χ3v) is 5.53. The van der Waals surface area contributed by atoms with Gasteiger partial charge in [0.25, 0.3) is 0 Å². The molecule has 0 bridgehead atoms. The minimum absolute atomic E-state index is 0.194. The summed E-state index contributed by atoms with van der Waals surface area (Å²) in [6, 6.07) is 8.51. The van der Waals surface area contributed by atoms with Gasteiger partial charge in [0.1, 0.15) is 11.4 Å². The van der Waals surface area contributed by atoms with Crippen LogP contribution in [0.1, 0.15) is 6.92 Å². The van der Waals surface area contributed by atoms with Crippen molar-refractivity contribution in [1.29, 1.82) is 0 Å². The highest BCUT2D eigenvalue weighted by molar-refractivity contribution is 6.33. The van der Waals surface area contributed by atoms with Crippen LogP contribution >= 0.6 is 11.6 Å². The number of hydrogen-bond donors (Lipinski definition) is 1. The molecule has 29 heavy (non-hydrogen) atoms. The van der Waals surface area contributed by atoms with Gasteiger partial charge in [-0.3, -0.25) is 0 Å². The van der Waals surface area contributed by atoms with Crippen molar-refractivity contribution in [3.8, 4) is 11.3 Å². The quantitative estimate of drug-likeness (QED) is 0.509. The molecule has 3 aromatic heterocycles. The van der Waals surface area contributed by atoms with Crippen LogP contribution in [0.15, 0.2) is 51.9 Å². The standard InChI is InChI=1S/C21H18ClFN4O2/c1-12-10-26(6-4-24-12)13-7-17(23)14-9-15(21(28)29-19(14)8-13)18-11-27-5-2-3-16(22)20(27)25-18/h2-3,5,7-9,11-12,24H,4,6,10H2,1H3. The predicted molar refractivity (Wildman–Crippen MR) is 111 cm³/mol. The lowest BCUT2D eigenvalue weighted by atomic mass is 10.1. The van der Waals surface area contributed by atoms with Gasteiger partial charge in [0.15, 0.2) is 5.65 Å². The fourth-order valence-electron chi connectivity index (χ4n) is 3.80. The number of benzene rings is 1. The summed E-state index contributed by atoms with van der Waals surface area (Å²) in [6.45, 7) is 4.42. The molecule has 4 aromatic rings. The van der Waals surface area contributed by atoms with E-state index in [0.29, 0.717) is 28.1 Å². The molecule has 1 unspecified atom stereocenters. The zero-order chi connectivity index (χ0) is 20.1. The summed E-state index contributed by atoms with van der Waals surface area (Å²) in [6.07, 6.45) is 3.45. The number of piperazine rings is 1. The maximum absolute atomic E-state index is 14.9. The predicted octanol–water partition coefficient (Wildman–Crippen LogP) is 3.70. The first-order valence-electron chi connectivity index (χ1n) is 9.39. The Balaban J connectivity index is 1.62. The van der Waals surface area contributed by atoms with Gasteiger partial charge in [0.05, 0.1) is 21.7 Å². The van der Waals surface area contributed by atoms with Crippen molar-refractivity contribution < 1.29 is 8.81 Å². The highest BCUT2D eigenvalue weighted by atomic mass is 35.5. The summed E-state index contributed by atoms with van der Waals surface area (Å²) in [7, 11) is 0. The second kappa shape index (κ2) is 6.86. The summed E-state index contributed by atoms with van der Waals surface area (Å²) >= 11 is 6.17. The first-order chi connectivity index (χ1) is 14.0. The molecule has 0 spiro atoms. The summed E-state index contributed by atoms with van der Waals surface area (Å²) in [4.78, 5) is 19.1. The number of imidazole rings is 1. The van der Waals surface area contributed by atoms with E-state index in [0.717, 1.165) is 19.6 Å². The number of nitrogens with zero attached hydrogens (tertiary/aromatic N) is 3. The molecule has 1 aliphatic heterocycles. The number of aromatic nitrogens is 2. The van der Waals surface area contributed by atoms with Crippen LogP contribution < -0.4 is 15.8 Å². The number of fused-ring (bicyclic) bond motifs is 2. The highest BCUT2D eigenvalue weighted by Gasteiger charge is 2.20. The topological polar surface area (TPSA) is 62.8 Å². The van der Waals surface area contributed by atoms with Gasteiger partial charge in [-0.15, -0.1) is 0 Å². The van der Waals surface area contributed by atoms with Crippen LogP contribution in [0.25, 0.3) is 27.9 Å². The van der Waals surface area contributed by atoms with E-state index in [1.54, 1.807) is 35.0 Å². The molecule has 5 rings (SSSR count). The Morgan fingerprint density at radius 2 is 2.21 bits per heavy atom. The van der Waals surface area contributed by atoms with E-state index in [9.17, 15) is 9.18 Å². The lowest BCUT2D eigenvalue weighted by Gasteiger charge is -2.33. The smallest absolute Gasteiger partial charge is 0.345 e. The molecule has 1 fully saturated rings. The molecule has 1 saturated heterocycles. The summed E-state index contributed by atoms with van der Waals surface area (Å²) in [5.41, 5.74) is 1.46. The fraction of sp³-hybridized carbons (Fsp3) is 0.238. The number of anilines is 1. The maximum Gasteiger partial charge on any atom is 0.345 e. The Kier molecular flexibility index (Phi) is 4.29. The van der Waals surface area contributed by atoms with Crippen molar-refractivity contribution in [2.75, 3.05) is 24.5 Å². The number of rotatable bonds is 2. The molecule has 1 aliphatic rings. The fourth-order valence-corrected chi connectivity index (χ4v) is 4.01. The molecule has 1 atom stereocenters. The second-order valence-corrected chi connectivity index (χ2v) is 7.71. The van der Waals surface area contributed by atoms with E-state index in [1.807, 2.05) is 0 Å². The molecular formula is C21H18ClFN4O2. The normalized spacial score (nSPS) is 17.3. The van der Waals surface area contributed by atoms with Crippen LogP contribution in [0.5, 0.6) is 0 Å². The molecular weight excluding hydrogens is 395 g/mol. The summed E-state index contributed by atoms with van der Waals surface area (Å²) in [5, 5.41) is 4.06. The Labute approximate surface area is 170 Å². The zero-order valence-corrected chi connectivity index (χ0v) is 16.4. The average Bonchev–Trinajstić information content (AvgIpc) is 3.13. The molecule has 8 heteroatoms. The van der Waals surface area contributed by atoms with Crippen molar-refractivity contribution in [3.63, 3.8) is 0 Å². The molecule has 1 N–H and O–H groups in total. The van der Waals surface area contributed by atoms with Gasteiger partial charge in [0, 0.05) is 49.8 Å². The SMILES string of the molecule is CC1CN(c2cc(F)c3cc(-c4cn5cccc(Cl)c5n4)c(=O)oc3c2)CCN1. The van der Waals surface area contributed by atoms with E-state index in [2.05, 4.69) is 22.1 Å².